The van der Waals surface area contributed by atoms with E-state index in [0.717, 1.165) is 24.2 Å². The fraction of sp³-hybridized carbons (Fsp3) is 0.448. The maximum absolute atomic E-state index is 13.3. The number of rotatable bonds is 9. The highest BCUT2D eigenvalue weighted by atomic mass is 35.5. The molecule has 1 N–H and O–H groups in total. The fourth-order valence-corrected chi connectivity index (χ4v) is 4.66. The molecule has 1 aliphatic rings. The van der Waals surface area contributed by atoms with Crippen molar-refractivity contribution >= 4 is 29.1 Å². The minimum absolute atomic E-state index is 0.0396. The normalized spacial score (nSPS) is 17.8. The van der Waals surface area contributed by atoms with Crippen LogP contribution in [0.25, 0.3) is 5.76 Å². The molecular weight excluding hydrogens is 476 g/mol. The molecular formula is C29H37ClN2O4. The highest BCUT2D eigenvalue weighted by molar-refractivity contribution is 6.46. The smallest absolute Gasteiger partial charge is 0.295 e. The number of hydrogen-bond acceptors (Lipinski definition) is 5. The van der Waals surface area contributed by atoms with E-state index in [4.69, 9.17) is 16.3 Å². The number of likely N-dealkylation sites (tertiary alicyclic amines) is 1. The average molecular weight is 513 g/mol. The number of halogens is 1. The molecule has 1 saturated heterocycles. The van der Waals surface area contributed by atoms with E-state index in [1.807, 2.05) is 31.2 Å². The zero-order valence-electron chi connectivity index (χ0n) is 22.1. The average Bonchev–Trinajstić information content (AvgIpc) is 3.10. The number of amides is 1. The Balaban J connectivity index is 2.13. The van der Waals surface area contributed by atoms with Crippen LogP contribution in [-0.2, 0) is 15.0 Å². The number of ether oxygens (including phenoxy) is 1. The van der Waals surface area contributed by atoms with Crippen LogP contribution in [0.1, 0.15) is 64.3 Å². The summed E-state index contributed by atoms with van der Waals surface area (Å²) in [6.07, 6.45) is 0. The Hall–Kier alpha value is -2.83. The van der Waals surface area contributed by atoms with Crippen LogP contribution in [0, 0.1) is 0 Å². The summed E-state index contributed by atoms with van der Waals surface area (Å²) >= 11 is 6.23. The van der Waals surface area contributed by atoms with Gasteiger partial charge in [0.2, 0.25) is 0 Å². The van der Waals surface area contributed by atoms with Gasteiger partial charge in [0.05, 0.1) is 23.2 Å². The number of likely N-dealkylation sites (N-methyl/N-ethyl adjacent to an activating group) is 1. The van der Waals surface area contributed by atoms with Crippen molar-refractivity contribution in [1.29, 1.82) is 0 Å². The Bertz CT molecular complexity index is 1130. The van der Waals surface area contributed by atoms with Gasteiger partial charge in [0.1, 0.15) is 11.5 Å². The van der Waals surface area contributed by atoms with Crippen LogP contribution < -0.4 is 4.74 Å². The number of carbonyl (C=O) groups excluding carboxylic acids is 2. The number of ketones is 1. The molecule has 0 aliphatic carbocycles. The van der Waals surface area contributed by atoms with E-state index in [0.29, 0.717) is 36.0 Å². The van der Waals surface area contributed by atoms with Crippen molar-refractivity contribution in [1.82, 2.24) is 9.80 Å². The lowest BCUT2D eigenvalue weighted by molar-refractivity contribution is -0.140. The summed E-state index contributed by atoms with van der Waals surface area (Å²) in [5, 5.41) is 11.8. The summed E-state index contributed by atoms with van der Waals surface area (Å²) in [5.74, 6) is -1.12. The van der Waals surface area contributed by atoms with Gasteiger partial charge >= 0.3 is 0 Å². The van der Waals surface area contributed by atoms with Crippen molar-refractivity contribution in [2.24, 2.45) is 0 Å². The molecule has 1 fully saturated rings. The van der Waals surface area contributed by atoms with E-state index in [-0.39, 0.29) is 16.7 Å². The summed E-state index contributed by atoms with van der Waals surface area (Å²) in [7, 11) is 0. The molecule has 1 heterocycles. The van der Waals surface area contributed by atoms with Gasteiger partial charge < -0.3 is 19.6 Å². The maximum atomic E-state index is 13.3. The fourth-order valence-electron chi connectivity index (χ4n) is 4.48. The lowest BCUT2D eigenvalue weighted by Gasteiger charge is -2.28. The quantitative estimate of drug-likeness (QED) is 0.261. The van der Waals surface area contributed by atoms with Gasteiger partial charge in [-0.1, -0.05) is 70.5 Å². The Morgan fingerprint density at radius 3 is 2.25 bits per heavy atom. The number of aliphatic hydroxyl groups is 1. The van der Waals surface area contributed by atoms with Crippen molar-refractivity contribution in [2.45, 2.75) is 53.0 Å². The molecule has 36 heavy (non-hydrogen) atoms. The van der Waals surface area contributed by atoms with Gasteiger partial charge in [0, 0.05) is 18.7 Å². The number of benzene rings is 2. The van der Waals surface area contributed by atoms with Gasteiger partial charge in [0.25, 0.3) is 11.7 Å². The van der Waals surface area contributed by atoms with E-state index in [1.54, 1.807) is 23.1 Å². The van der Waals surface area contributed by atoms with Crippen molar-refractivity contribution in [2.75, 3.05) is 32.8 Å². The van der Waals surface area contributed by atoms with E-state index in [2.05, 4.69) is 39.5 Å². The van der Waals surface area contributed by atoms with Gasteiger partial charge in [-0.3, -0.25) is 9.59 Å². The largest absolute Gasteiger partial charge is 0.507 e. The summed E-state index contributed by atoms with van der Waals surface area (Å²) in [6.45, 7) is 15.5. The monoisotopic (exact) mass is 512 g/mol. The topological polar surface area (TPSA) is 70.1 Å². The van der Waals surface area contributed by atoms with E-state index < -0.39 is 17.7 Å². The van der Waals surface area contributed by atoms with Crippen molar-refractivity contribution in [3.05, 3.63) is 69.8 Å². The van der Waals surface area contributed by atoms with Crippen LogP contribution in [0.2, 0.25) is 5.02 Å². The molecule has 2 aromatic rings. The number of nitrogens with zero attached hydrogens (tertiary/aromatic N) is 2. The van der Waals surface area contributed by atoms with Gasteiger partial charge in [-0.2, -0.15) is 0 Å². The molecule has 1 amide bonds. The first-order chi connectivity index (χ1) is 17.0. The Labute approximate surface area is 219 Å². The van der Waals surface area contributed by atoms with Crippen LogP contribution in [0.4, 0.5) is 0 Å². The number of aliphatic hydroxyl groups excluding tert-OH is 1. The van der Waals surface area contributed by atoms with Gasteiger partial charge in [-0.25, -0.2) is 0 Å². The van der Waals surface area contributed by atoms with Crippen LogP contribution >= 0.6 is 11.6 Å². The second-order valence-electron chi connectivity index (χ2n) is 9.97. The summed E-state index contributed by atoms with van der Waals surface area (Å²) < 4.78 is 5.57. The Morgan fingerprint density at radius 2 is 1.69 bits per heavy atom. The third-order valence-electron chi connectivity index (χ3n) is 6.69. The summed E-state index contributed by atoms with van der Waals surface area (Å²) in [4.78, 5) is 30.3. The van der Waals surface area contributed by atoms with Crippen molar-refractivity contribution in [3.63, 3.8) is 0 Å². The first-order valence-corrected chi connectivity index (χ1v) is 12.9. The molecule has 0 saturated carbocycles. The second-order valence-corrected chi connectivity index (χ2v) is 10.4. The number of hydrogen-bond donors (Lipinski definition) is 1. The highest BCUT2D eigenvalue weighted by Gasteiger charge is 2.46. The molecule has 1 atom stereocenters. The third-order valence-corrected chi connectivity index (χ3v) is 7.00. The first-order valence-electron chi connectivity index (χ1n) is 12.6. The molecule has 7 heteroatoms. The SMILES string of the molecule is CCOc1cc(/C(O)=C2/C(=O)C(=O)N(CCN(CC)CC)C2c2ccc(C(C)(C)C)cc2)ccc1Cl. The lowest BCUT2D eigenvalue weighted by atomic mass is 9.85. The van der Waals surface area contributed by atoms with E-state index in [9.17, 15) is 14.7 Å². The third kappa shape index (κ3) is 5.76. The Kier molecular flexibility index (Phi) is 8.85. The summed E-state index contributed by atoms with van der Waals surface area (Å²) in [5.41, 5.74) is 2.34. The van der Waals surface area contributed by atoms with Crippen LogP contribution in [-0.4, -0.2) is 59.4 Å². The van der Waals surface area contributed by atoms with Crippen LogP contribution in [0.5, 0.6) is 5.75 Å². The molecule has 0 bridgehead atoms. The zero-order chi connectivity index (χ0) is 26.6. The van der Waals surface area contributed by atoms with Gasteiger partial charge in [-0.05, 0) is 54.8 Å². The lowest BCUT2D eigenvalue weighted by Crippen LogP contribution is -2.38. The maximum Gasteiger partial charge on any atom is 0.295 e. The van der Waals surface area contributed by atoms with Gasteiger partial charge in [0.15, 0.2) is 0 Å². The molecule has 194 valence electrons. The molecule has 1 unspecified atom stereocenters. The minimum atomic E-state index is -0.694. The first kappa shape index (κ1) is 27.8. The second kappa shape index (κ2) is 11.5. The Morgan fingerprint density at radius 1 is 1.06 bits per heavy atom. The standard InChI is InChI=1S/C29H37ClN2O4/c1-7-31(8-2)16-17-32-25(19-10-13-21(14-11-19)29(4,5)6)24(27(34)28(32)35)26(33)20-12-15-22(30)23(18-20)36-9-3/h10-15,18,25,33H,7-9,16-17H2,1-6H3/b26-24-. The molecule has 1 aliphatic heterocycles. The molecule has 0 radical (unpaired) electrons. The zero-order valence-corrected chi connectivity index (χ0v) is 22.9. The van der Waals surface area contributed by atoms with Crippen molar-refractivity contribution < 1.29 is 19.4 Å². The number of Topliss-reactive ketones (excluding diaryl/α,β-unsaturated/α-hetero) is 1. The minimum Gasteiger partial charge on any atom is -0.507 e. The molecule has 3 rings (SSSR count). The molecule has 0 spiro atoms. The molecule has 0 aromatic heterocycles. The van der Waals surface area contributed by atoms with Gasteiger partial charge in [-0.15, -0.1) is 0 Å². The summed E-state index contributed by atoms with van der Waals surface area (Å²) in [6, 6.07) is 12.1. The molecule has 6 nitrogen and oxygen atoms in total. The molecule has 2 aromatic carbocycles. The van der Waals surface area contributed by atoms with Crippen LogP contribution in [0.3, 0.4) is 0 Å². The number of carbonyl (C=O) groups is 2. The highest BCUT2D eigenvalue weighted by Crippen LogP contribution is 2.40. The van der Waals surface area contributed by atoms with E-state index in [1.165, 1.54) is 0 Å². The predicted octanol–water partition coefficient (Wildman–Crippen LogP) is 5.80. The predicted molar refractivity (Wildman–Crippen MR) is 145 cm³/mol. The van der Waals surface area contributed by atoms with E-state index >= 15 is 0 Å². The van der Waals surface area contributed by atoms with Crippen LogP contribution in [0.15, 0.2) is 48.0 Å². The van der Waals surface area contributed by atoms with Crippen molar-refractivity contribution in [3.8, 4) is 5.75 Å².